The van der Waals surface area contributed by atoms with Crippen molar-refractivity contribution in [2.24, 2.45) is 22.3 Å². The average molecular weight is 709 g/mol. The van der Waals surface area contributed by atoms with Crippen molar-refractivity contribution in [3.05, 3.63) is 101 Å². The maximum absolute atomic E-state index is 13.4. The Bertz CT molecular complexity index is 1900. The molecule has 0 fully saturated rings. The summed E-state index contributed by atoms with van der Waals surface area (Å²) in [5.41, 5.74) is 19.8. The highest BCUT2D eigenvalue weighted by molar-refractivity contribution is 7.89. The summed E-state index contributed by atoms with van der Waals surface area (Å²) < 4.78 is 48.5. The third-order valence-electron chi connectivity index (χ3n) is 6.25. The molecule has 0 saturated heterocycles. The van der Waals surface area contributed by atoms with Crippen LogP contribution in [-0.4, -0.2) is 66.8 Å². The van der Waals surface area contributed by atoms with E-state index in [0.717, 1.165) is 11.1 Å². The number of rotatable bonds is 7. The van der Waals surface area contributed by atoms with Gasteiger partial charge in [0.25, 0.3) is 0 Å². The van der Waals surface area contributed by atoms with Gasteiger partial charge in [0.2, 0.25) is 10.0 Å². The van der Waals surface area contributed by atoms with Gasteiger partial charge in [0.1, 0.15) is 23.9 Å². The van der Waals surface area contributed by atoms with E-state index in [1.54, 1.807) is 12.1 Å². The number of hydrogen-bond acceptors (Lipinski definition) is 8. The smallest absolute Gasteiger partial charge is 0.324 e. The summed E-state index contributed by atoms with van der Waals surface area (Å²) in [6.45, 7) is 5.10. The van der Waals surface area contributed by atoms with Crippen LogP contribution in [-0.2, 0) is 24.4 Å². The van der Waals surface area contributed by atoms with Crippen LogP contribution in [0.2, 0.25) is 0 Å². The van der Waals surface area contributed by atoms with E-state index >= 15 is 0 Å². The number of carbonyl (C=O) groups is 3. The second kappa shape index (κ2) is 20.9. The highest BCUT2D eigenvalue weighted by Gasteiger charge is 2.21. The molecule has 0 aliphatic carbocycles. The number of Topliss-reactive ketones (excluding diaryl/α,β-unsaturated/α-hetero) is 1. The number of alkyl halides is 2. The first-order valence-electron chi connectivity index (χ1n) is 14.6. The Labute approximate surface area is 290 Å². The van der Waals surface area contributed by atoms with Crippen molar-refractivity contribution in [2.45, 2.75) is 62.6 Å². The number of benzene rings is 3. The summed E-state index contributed by atoms with van der Waals surface area (Å²) in [4.78, 5) is 31.5. The zero-order chi connectivity index (χ0) is 38.0. The number of sulfonamides is 1. The zero-order valence-electron chi connectivity index (χ0n) is 27.4. The SMILES string of the molecule is CC(=O)C(N)C(F)C#Cc1ccc(S(N)(=O)=O)cc1.Cc1ccc(C#CC(F)C(N)C(=O)O)cc1.Cc1ccc(C#CCC(N)C(=O)O)cc1. The summed E-state index contributed by atoms with van der Waals surface area (Å²) in [5.74, 6) is 12.1. The van der Waals surface area contributed by atoms with Crippen LogP contribution in [0.15, 0.2) is 77.7 Å². The summed E-state index contributed by atoms with van der Waals surface area (Å²) in [6, 6.07) is 16.4. The molecule has 0 radical (unpaired) electrons. The lowest BCUT2D eigenvalue weighted by Crippen LogP contribution is -2.38. The third-order valence-corrected chi connectivity index (χ3v) is 7.18. The van der Waals surface area contributed by atoms with E-state index < -0.39 is 58.2 Å². The highest BCUT2D eigenvalue weighted by Crippen LogP contribution is 2.08. The summed E-state index contributed by atoms with van der Waals surface area (Å²) >= 11 is 0. The standard InChI is InChI=1S/C12H13FN2O3S.C12H12FNO2.C12H13NO2/c1-8(16)12(14)11(13)7-4-9-2-5-10(6-3-9)19(15,17)18;1-8-2-4-9(5-3-8)6-7-10(13)11(14)12(15)16;1-9-5-7-10(8-6-9)3-2-4-11(13)12(14)15/h2-3,5-6,11-12H,14H2,1H3,(H2,15,17,18);2-5,10-11H,14H2,1H3,(H,15,16);5-8,11H,4,13H2,1H3,(H,14,15). The van der Waals surface area contributed by atoms with Gasteiger partial charge < -0.3 is 27.4 Å². The number of aliphatic carboxylic acids is 2. The molecule has 0 amide bonds. The number of ketones is 1. The molecule has 14 heteroatoms. The van der Waals surface area contributed by atoms with E-state index in [4.69, 9.17) is 32.6 Å². The van der Waals surface area contributed by atoms with Gasteiger partial charge >= 0.3 is 11.9 Å². The molecule has 0 aromatic heterocycles. The molecular formula is C36H38F2N4O7S. The molecule has 3 aromatic rings. The van der Waals surface area contributed by atoms with E-state index in [2.05, 4.69) is 35.5 Å². The van der Waals surface area contributed by atoms with Crippen molar-refractivity contribution in [3.63, 3.8) is 0 Å². The van der Waals surface area contributed by atoms with Crippen molar-refractivity contribution in [2.75, 3.05) is 0 Å². The maximum atomic E-state index is 13.4. The van der Waals surface area contributed by atoms with Crippen LogP contribution < -0.4 is 22.3 Å². The largest absolute Gasteiger partial charge is 0.480 e. The molecule has 0 bridgehead atoms. The molecule has 264 valence electrons. The highest BCUT2D eigenvalue weighted by atomic mass is 32.2. The quantitative estimate of drug-likeness (QED) is 0.196. The Morgan fingerprint density at radius 2 is 1.06 bits per heavy atom. The molecular weight excluding hydrogens is 670 g/mol. The molecule has 0 aliphatic rings. The number of halogens is 2. The van der Waals surface area contributed by atoms with Crippen molar-refractivity contribution in [1.29, 1.82) is 0 Å². The van der Waals surface area contributed by atoms with Crippen LogP contribution in [0.25, 0.3) is 0 Å². The van der Waals surface area contributed by atoms with Crippen LogP contribution in [0.4, 0.5) is 8.78 Å². The second-order valence-electron chi connectivity index (χ2n) is 10.6. The first kappa shape index (κ1) is 42.6. The van der Waals surface area contributed by atoms with Gasteiger partial charge in [-0.05, 0) is 69.3 Å². The number of primary sulfonamides is 1. The minimum atomic E-state index is -3.76. The minimum absolute atomic E-state index is 0.0599. The number of aryl methyl sites for hydroxylation is 2. The Morgan fingerprint density at radius 1 is 0.680 bits per heavy atom. The van der Waals surface area contributed by atoms with Gasteiger partial charge in [-0.2, -0.15) is 0 Å². The van der Waals surface area contributed by atoms with E-state index in [1.165, 1.54) is 36.8 Å². The molecule has 0 aliphatic heterocycles. The van der Waals surface area contributed by atoms with Crippen LogP contribution in [0.1, 0.15) is 41.2 Å². The molecule has 11 nitrogen and oxygen atoms in total. The lowest BCUT2D eigenvalue weighted by molar-refractivity contribution is -0.140. The van der Waals surface area contributed by atoms with Crippen LogP contribution in [0.3, 0.4) is 0 Å². The fraction of sp³-hybridized carbons (Fsp3) is 0.250. The van der Waals surface area contributed by atoms with Crippen LogP contribution in [0, 0.1) is 49.4 Å². The van der Waals surface area contributed by atoms with Gasteiger partial charge in [0, 0.05) is 23.1 Å². The zero-order valence-corrected chi connectivity index (χ0v) is 28.2. The van der Waals surface area contributed by atoms with Gasteiger partial charge in [-0.15, -0.1) is 0 Å². The second-order valence-corrected chi connectivity index (χ2v) is 12.2. The Morgan fingerprint density at radius 3 is 1.42 bits per heavy atom. The molecule has 3 rings (SSSR count). The fourth-order valence-corrected chi connectivity index (χ4v) is 3.68. The van der Waals surface area contributed by atoms with Gasteiger partial charge in [-0.1, -0.05) is 70.9 Å². The van der Waals surface area contributed by atoms with Gasteiger partial charge in [0.05, 0.1) is 4.90 Å². The maximum Gasteiger partial charge on any atom is 0.324 e. The number of carboxylic acid groups (broad SMARTS) is 2. The van der Waals surface area contributed by atoms with Gasteiger partial charge in [-0.3, -0.25) is 14.4 Å². The normalized spacial score (nSPS) is 13.1. The predicted molar refractivity (Wildman–Crippen MR) is 185 cm³/mol. The lowest BCUT2D eigenvalue weighted by atomic mass is 10.1. The minimum Gasteiger partial charge on any atom is -0.480 e. The number of carbonyl (C=O) groups excluding carboxylic acids is 1. The topological polar surface area (TPSA) is 230 Å². The molecule has 0 spiro atoms. The average Bonchev–Trinajstić information content (AvgIpc) is 3.07. The number of carboxylic acids is 2. The molecule has 50 heavy (non-hydrogen) atoms. The number of nitrogens with two attached hydrogens (primary N) is 4. The Balaban J connectivity index is 0.000000378. The van der Waals surface area contributed by atoms with Crippen LogP contribution in [0.5, 0.6) is 0 Å². The number of hydrogen-bond donors (Lipinski definition) is 6. The Hall–Kier alpha value is -5.40. The lowest BCUT2D eigenvalue weighted by Gasteiger charge is -2.06. The van der Waals surface area contributed by atoms with Gasteiger partial charge in [-0.25, -0.2) is 22.3 Å². The summed E-state index contributed by atoms with van der Waals surface area (Å²) in [5, 5.41) is 21.9. The van der Waals surface area contributed by atoms with Crippen molar-refractivity contribution in [3.8, 4) is 35.5 Å². The van der Waals surface area contributed by atoms with Crippen molar-refractivity contribution in [1.82, 2.24) is 0 Å². The van der Waals surface area contributed by atoms with Crippen molar-refractivity contribution >= 4 is 27.7 Å². The first-order chi connectivity index (χ1) is 23.3. The molecule has 10 N–H and O–H groups in total. The Kier molecular flexibility index (Phi) is 17.8. The fourth-order valence-electron chi connectivity index (χ4n) is 3.17. The first-order valence-corrected chi connectivity index (χ1v) is 16.2. The van der Waals surface area contributed by atoms with E-state index in [9.17, 15) is 31.6 Å². The van der Waals surface area contributed by atoms with E-state index in [1.807, 2.05) is 50.2 Å². The molecule has 5 unspecified atom stereocenters. The van der Waals surface area contributed by atoms with E-state index in [0.29, 0.717) is 11.1 Å². The molecule has 0 saturated carbocycles. The summed E-state index contributed by atoms with van der Waals surface area (Å²) in [7, 11) is -3.76. The van der Waals surface area contributed by atoms with Crippen molar-refractivity contribution < 1.29 is 41.8 Å². The van der Waals surface area contributed by atoms with Gasteiger partial charge in [0.15, 0.2) is 12.3 Å². The van der Waals surface area contributed by atoms with Crippen LogP contribution >= 0.6 is 0 Å². The van der Waals surface area contributed by atoms with E-state index in [-0.39, 0.29) is 11.3 Å². The molecule has 0 heterocycles. The summed E-state index contributed by atoms with van der Waals surface area (Å²) in [6.07, 6.45) is -3.46. The predicted octanol–water partition coefficient (Wildman–Crippen LogP) is 2.18. The molecule has 3 aromatic carbocycles. The third kappa shape index (κ3) is 16.6. The molecule has 5 atom stereocenters. The monoisotopic (exact) mass is 708 g/mol.